The third-order valence-corrected chi connectivity index (χ3v) is 1.76. The van der Waals surface area contributed by atoms with Crippen LogP contribution in [0, 0.1) is 6.92 Å². The average molecular weight is 172 g/mol. The number of aryl methyl sites for hydroxylation is 1. The molecule has 0 aromatic carbocycles. The van der Waals surface area contributed by atoms with Gasteiger partial charge in [0.05, 0.1) is 10.9 Å². The second kappa shape index (κ2) is 2.90. The van der Waals surface area contributed by atoms with Gasteiger partial charge in [0.2, 0.25) is 0 Å². The van der Waals surface area contributed by atoms with Crippen molar-refractivity contribution in [1.82, 2.24) is 15.0 Å². The predicted molar refractivity (Wildman–Crippen MR) is 51.3 cm³/mol. The standard InChI is InChI=1S/C9H8N4/c1-6-3-8-7(4-11-5-12-8)9(10-2)13-6/h3-5H,2H2,1H3. The molecule has 13 heavy (non-hydrogen) atoms. The van der Waals surface area contributed by atoms with E-state index in [2.05, 4.69) is 26.7 Å². The van der Waals surface area contributed by atoms with Crippen LogP contribution in [-0.4, -0.2) is 21.7 Å². The molecule has 0 fully saturated rings. The summed E-state index contributed by atoms with van der Waals surface area (Å²) in [5.74, 6) is 0.593. The van der Waals surface area contributed by atoms with Gasteiger partial charge in [-0.15, -0.1) is 0 Å². The summed E-state index contributed by atoms with van der Waals surface area (Å²) >= 11 is 0. The number of aromatic nitrogens is 3. The molecule has 2 aromatic rings. The first kappa shape index (κ1) is 7.79. The Morgan fingerprint density at radius 1 is 1.46 bits per heavy atom. The second-order valence-electron chi connectivity index (χ2n) is 2.70. The SMILES string of the molecule is C=Nc1nc(C)cc2ncncc12. The Labute approximate surface area is 75.4 Å². The fourth-order valence-electron chi connectivity index (χ4n) is 1.20. The van der Waals surface area contributed by atoms with E-state index in [4.69, 9.17) is 0 Å². The first-order valence-corrected chi connectivity index (χ1v) is 3.85. The zero-order chi connectivity index (χ0) is 9.26. The van der Waals surface area contributed by atoms with Gasteiger partial charge in [-0.1, -0.05) is 0 Å². The molecule has 64 valence electrons. The lowest BCUT2D eigenvalue weighted by Crippen LogP contribution is -1.87. The molecular formula is C9H8N4. The van der Waals surface area contributed by atoms with Crippen molar-refractivity contribution in [3.8, 4) is 0 Å². The van der Waals surface area contributed by atoms with Gasteiger partial charge in [-0.3, -0.25) is 0 Å². The highest BCUT2D eigenvalue weighted by molar-refractivity contribution is 5.87. The molecule has 0 aliphatic heterocycles. The van der Waals surface area contributed by atoms with Crippen molar-refractivity contribution in [3.05, 3.63) is 24.3 Å². The molecule has 0 N–H and O–H groups in total. The number of aliphatic imine (C=N–C) groups is 1. The van der Waals surface area contributed by atoms with Gasteiger partial charge in [0.25, 0.3) is 0 Å². The average Bonchev–Trinajstić information content (AvgIpc) is 2.16. The molecule has 0 radical (unpaired) electrons. The van der Waals surface area contributed by atoms with Crippen LogP contribution < -0.4 is 0 Å². The number of rotatable bonds is 1. The molecule has 2 rings (SSSR count). The van der Waals surface area contributed by atoms with Crippen LogP contribution in [0.2, 0.25) is 0 Å². The molecule has 0 saturated carbocycles. The third kappa shape index (κ3) is 1.26. The monoisotopic (exact) mass is 172 g/mol. The summed E-state index contributed by atoms with van der Waals surface area (Å²) in [6.45, 7) is 5.35. The topological polar surface area (TPSA) is 51.0 Å². The molecule has 0 saturated heterocycles. The molecule has 2 heterocycles. The van der Waals surface area contributed by atoms with E-state index in [0.29, 0.717) is 5.82 Å². The third-order valence-electron chi connectivity index (χ3n) is 1.76. The molecule has 4 heteroatoms. The van der Waals surface area contributed by atoms with Crippen molar-refractivity contribution >= 4 is 23.4 Å². The minimum absolute atomic E-state index is 0.593. The Morgan fingerprint density at radius 3 is 3.08 bits per heavy atom. The highest BCUT2D eigenvalue weighted by Crippen LogP contribution is 2.21. The summed E-state index contributed by atoms with van der Waals surface area (Å²) in [6, 6.07) is 1.89. The van der Waals surface area contributed by atoms with Gasteiger partial charge in [0.1, 0.15) is 6.33 Å². The first-order valence-electron chi connectivity index (χ1n) is 3.85. The maximum absolute atomic E-state index is 4.21. The van der Waals surface area contributed by atoms with Crippen LogP contribution in [0.1, 0.15) is 5.69 Å². The highest BCUT2D eigenvalue weighted by atomic mass is 14.9. The van der Waals surface area contributed by atoms with E-state index in [-0.39, 0.29) is 0 Å². The molecule has 0 spiro atoms. The first-order chi connectivity index (χ1) is 6.31. The molecule has 0 aliphatic carbocycles. The van der Waals surface area contributed by atoms with E-state index in [1.165, 1.54) is 6.33 Å². The van der Waals surface area contributed by atoms with E-state index in [9.17, 15) is 0 Å². The molecule has 2 aromatic heterocycles. The number of fused-ring (bicyclic) bond motifs is 1. The fourth-order valence-corrected chi connectivity index (χ4v) is 1.20. The zero-order valence-corrected chi connectivity index (χ0v) is 7.23. The van der Waals surface area contributed by atoms with Crippen LogP contribution in [0.5, 0.6) is 0 Å². The van der Waals surface area contributed by atoms with Gasteiger partial charge in [-0.2, -0.15) is 0 Å². The van der Waals surface area contributed by atoms with Crippen molar-refractivity contribution in [1.29, 1.82) is 0 Å². The largest absolute Gasteiger partial charge is 0.244 e. The van der Waals surface area contributed by atoms with E-state index in [0.717, 1.165) is 16.6 Å². The lowest BCUT2D eigenvalue weighted by molar-refractivity contribution is 1.16. The molecule has 0 amide bonds. The van der Waals surface area contributed by atoms with Gasteiger partial charge in [0.15, 0.2) is 5.82 Å². The Morgan fingerprint density at radius 2 is 2.31 bits per heavy atom. The smallest absolute Gasteiger partial charge is 0.162 e. The quantitative estimate of drug-likeness (QED) is 0.615. The summed E-state index contributed by atoms with van der Waals surface area (Å²) < 4.78 is 0. The Kier molecular flexibility index (Phi) is 1.73. The van der Waals surface area contributed by atoms with Gasteiger partial charge in [-0.05, 0) is 19.7 Å². The normalized spacial score (nSPS) is 10.2. The summed E-state index contributed by atoms with van der Waals surface area (Å²) in [5.41, 5.74) is 1.73. The number of hydrogen-bond donors (Lipinski definition) is 0. The molecule has 0 bridgehead atoms. The summed E-state index contributed by atoms with van der Waals surface area (Å²) in [7, 11) is 0. The number of hydrogen-bond acceptors (Lipinski definition) is 4. The summed E-state index contributed by atoms with van der Waals surface area (Å²) in [5, 5.41) is 0.836. The molecule has 0 atom stereocenters. The van der Waals surface area contributed by atoms with E-state index >= 15 is 0 Å². The lowest BCUT2D eigenvalue weighted by Gasteiger charge is -2.00. The molecule has 0 aliphatic rings. The minimum atomic E-state index is 0.593. The molecular weight excluding hydrogens is 164 g/mol. The van der Waals surface area contributed by atoms with Gasteiger partial charge < -0.3 is 0 Å². The van der Waals surface area contributed by atoms with Crippen LogP contribution in [-0.2, 0) is 0 Å². The number of pyridine rings is 1. The van der Waals surface area contributed by atoms with E-state index in [1.807, 2.05) is 13.0 Å². The van der Waals surface area contributed by atoms with Crippen LogP contribution >= 0.6 is 0 Å². The lowest BCUT2D eigenvalue weighted by atomic mass is 10.2. The van der Waals surface area contributed by atoms with Crippen LogP contribution in [0.15, 0.2) is 23.6 Å². The van der Waals surface area contributed by atoms with Crippen molar-refractivity contribution in [2.75, 3.05) is 0 Å². The number of nitrogens with zero attached hydrogens (tertiary/aromatic N) is 4. The van der Waals surface area contributed by atoms with E-state index < -0.39 is 0 Å². The summed E-state index contributed by atoms with van der Waals surface area (Å²) in [4.78, 5) is 16.1. The Balaban J connectivity index is 2.89. The Bertz CT molecular complexity index is 464. The second-order valence-corrected chi connectivity index (χ2v) is 2.70. The van der Waals surface area contributed by atoms with Gasteiger partial charge in [-0.25, -0.2) is 19.9 Å². The van der Waals surface area contributed by atoms with Crippen molar-refractivity contribution in [3.63, 3.8) is 0 Å². The summed E-state index contributed by atoms with van der Waals surface area (Å²) in [6.07, 6.45) is 3.20. The van der Waals surface area contributed by atoms with Crippen molar-refractivity contribution in [2.45, 2.75) is 6.92 Å². The van der Waals surface area contributed by atoms with Crippen LogP contribution in [0.3, 0.4) is 0 Å². The zero-order valence-electron chi connectivity index (χ0n) is 7.23. The van der Waals surface area contributed by atoms with Crippen molar-refractivity contribution < 1.29 is 0 Å². The highest BCUT2D eigenvalue weighted by Gasteiger charge is 2.02. The maximum atomic E-state index is 4.21. The fraction of sp³-hybridized carbons (Fsp3) is 0.111. The predicted octanol–water partition coefficient (Wildman–Crippen LogP) is 1.67. The van der Waals surface area contributed by atoms with Crippen molar-refractivity contribution in [2.24, 2.45) is 4.99 Å². The molecule has 4 nitrogen and oxygen atoms in total. The Hall–Kier alpha value is -1.84. The van der Waals surface area contributed by atoms with Crippen LogP contribution in [0.25, 0.3) is 10.9 Å². The van der Waals surface area contributed by atoms with Crippen LogP contribution in [0.4, 0.5) is 5.82 Å². The van der Waals surface area contributed by atoms with Gasteiger partial charge >= 0.3 is 0 Å². The van der Waals surface area contributed by atoms with Gasteiger partial charge in [0, 0.05) is 11.9 Å². The minimum Gasteiger partial charge on any atom is -0.244 e. The maximum Gasteiger partial charge on any atom is 0.162 e. The molecule has 0 unspecified atom stereocenters. The van der Waals surface area contributed by atoms with E-state index in [1.54, 1.807) is 6.20 Å².